The maximum Gasteiger partial charge on any atom is 0.340 e. The molecule has 0 unspecified atom stereocenters. The summed E-state index contributed by atoms with van der Waals surface area (Å²) in [6.45, 7) is 2.41. The van der Waals surface area contributed by atoms with E-state index in [4.69, 9.17) is 4.74 Å². The fraction of sp³-hybridized carbons (Fsp3) is 0.188. The van der Waals surface area contributed by atoms with Crippen molar-refractivity contribution in [3.63, 3.8) is 0 Å². The fourth-order valence-corrected chi connectivity index (χ4v) is 1.87. The van der Waals surface area contributed by atoms with Crippen LogP contribution in [0.4, 0.5) is 10.1 Å². The first kappa shape index (κ1) is 14.1. The predicted molar refractivity (Wildman–Crippen MR) is 76.1 cm³/mol. The Morgan fingerprint density at radius 2 is 1.90 bits per heavy atom. The largest absolute Gasteiger partial charge is 0.462 e. The Kier molecular flexibility index (Phi) is 4.71. The first-order valence-corrected chi connectivity index (χ1v) is 6.45. The summed E-state index contributed by atoms with van der Waals surface area (Å²) >= 11 is 0. The van der Waals surface area contributed by atoms with E-state index < -0.39 is 11.8 Å². The molecular weight excluding hydrogens is 257 g/mol. The quantitative estimate of drug-likeness (QED) is 0.846. The van der Waals surface area contributed by atoms with Gasteiger partial charge in [-0.3, -0.25) is 0 Å². The topological polar surface area (TPSA) is 38.3 Å². The van der Waals surface area contributed by atoms with Gasteiger partial charge < -0.3 is 10.1 Å². The van der Waals surface area contributed by atoms with E-state index in [9.17, 15) is 9.18 Å². The van der Waals surface area contributed by atoms with Gasteiger partial charge >= 0.3 is 5.97 Å². The Labute approximate surface area is 117 Å². The van der Waals surface area contributed by atoms with E-state index in [1.54, 1.807) is 13.0 Å². The number of anilines is 1. The van der Waals surface area contributed by atoms with Gasteiger partial charge in [-0.15, -0.1) is 0 Å². The van der Waals surface area contributed by atoms with E-state index >= 15 is 0 Å². The molecule has 0 saturated carbocycles. The lowest BCUT2D eigenvalue weighted by Gasteiger charge is -2.12. The van der Waals surface area contributed by atoms with Crippen LogP contribution in [0.3, 0.4) is 0 Å². The number of benzene rings is 2. The number of halogens is 1. The van der Waals surface area contributed by atoms with Gasteiger partial charge in [0, 0.05) is 6.54 Å². The summed E-state index contributed by atoms with van der Waals surface area (Å²) in [4.78, 5) is 11.8. The summed E-state index contributed by atoms with van der Waals surface area (Å²) in [5.74, 6) is -0.992. The number of nitrogens with one attached hydrogen (secondary N) is 1. The van der Waals surface area contributed by atoms with E-state index in [1.807, 2.05) is 30.3 Å². The van der Waals surface area contributed by atoms with Crippen molar-refractivity contribution in [1.29, 1.82) is 0 Å². The van der Waals surface area contributed by atoms with Crippen LogP contribution in [0.5, 0.6) is 0 Å². The molecule has 0 heterocycles. The van der Waals surface area contributed by atoms with Crippen molar-refractivity contribution in [1.82, 2.24) is 0 Å². The van der Waals surface area contributed by atoms with E-state index in [0.29, 0.717) is 6.54 Å². The highest BCUT2D eigenvalue weighted by molar-refractivity contribution is 5.95. The molecule has 104 valence electrons. The summed E-state index contributed by atoms with van der Waals surface area (Å²) in [6.07, 6.45) is 0. The van der Waals surface area contributed by atoms with Crippen LogP contribution in [-0.2, 0) is 11.3 Å². The van der Waals surface area contributed by atoms with Gasteiger partial charge in [0.15, 0.2) is 0 Å². The molecule has 1 N–H and O–H groups in total. The molecular formula is C16H16FNO2. The molecule has 0 aliphatic rings. The lowest BCUT2D eigenvalue weighted by molar-refractivity contribution is 0.0527. The summed E-state index contributed by atoms with van der Waals surface area (Å²) in [6, 6.07) is 13.9. The second-order valence-electron chi connectivity index (χ2n) is 4.22. The minimum atomic E-state index is -0.525. The summed E-state index contributed by atoms with van der Waals surface area (Å²) in [7, 11) is 0. The Hall–Kier alpha value is -2.36. The number of carbonyl (C=O) groups is 1. The zero-order valence-corrected chi connectivity index (χ0v) is 11.2. The van der Waals surface area contributed by atoms with Gasteiger partial charge in [0.25, 0.3) is 0 Å². The van der Waals surface area contributed by atoms with Crippen molar-refractivity contribution in [3.8, 4) is 0 Å². The van der Waals surface area contributed by atoms with Crippen molar-refractivity contribution in [3.05, 3.63) is 65.5 Å². The van der Waals surface area contributed by atoms with E-state index in [0.717, 1.165) is 5.56 Å². The normalized spacial score (nSPS) is 10.1. The molecule has 0 spiro atoms. The first-order chi connectivity index (χ1) is 9.72. The second-order valence-corrected chi connectivity index (χ2v) is 4.22. The lowest BCUT2D eigenvalue weighted by Crippen LogP contribution is -2.11. The van der Waals surface area contributed by atoms with Crippen LogP contribution in [0.2, 0.25) is 0 Å². The summed E-state index contributed by atoms with van der Waals surface area (Å²) in [5.41, 5.74) is 1.39. The first-order valence-electron chi connectivity index (χ1n) is 6.45. The monoisotopic (exact) mass is 273 g/mol. The number of para-hydroxylation sites is 1. The second kappa shape index (κ2) is 6.70. The molecule has 0 fully saturated rings. The van der Waals surface area contributed by atoms with Crippen molar-refractivity contribution in [2.75, 3.05) is 11.9 Å². The molecule has 0 amide bonds. The van der Waals surface area contributed by atoms with Crippen LogP contribution >= 0.6 is 0 Å². The average Bonchev–Trinajstić information content (AvgIpc) is 2.47. The Morgan fingerprint density at radius 3 is 2.60 bits per heavy atom. The van der Waals surface area contributed by atoms with Crippen molar-refractivity contribution >= 4 is 11.7 Å². The zero-order chi connectivity index (χ0) is 14.4. The maximum absolute atomic E-state index is 13.9. The average molecular weight is 273 g/mol. The molecule has 0 saturated heterocycles. The Bertz CT molecular complexity index is 584. The van der Waals surface area contributed by atoms with Crippen LogP contribution in [0.25, 0.3) is 0 Å². The van der Waals surface area contributed by atoms with Crippen molar-refractivity contribution in [2.45, 2.75) is 13.5 Å². The third kappa shape index (κ3) is 3.35. The highest BCUT2D eigenvalue weighted by Gasteiger charge is 2.15. The highest BCUT2D eigenvalue weighted by Crippen LogP contribution is 2.21. The number of carbonyl (C=O) groups excluding carboxylic acids is 1. The molecule has 0 aromatic heterocycles. The maximum atomic E-state index is 13.9. The molecule has 3 nitrogen and oxygen atoms in total. The van der Waals surface area contributed by atoms with Crippen LogP contribution in [0, 0.1) is 5.82 Å². The number of hydrogen-bond acceptors (Lipinski definition) is 3. The summed E-state index contributed by atoms with van der Waals surface area (Å²) < 4.78 is 18.8. The Morgan fingerprint density at radius 1 is 1.15 bits per heavy atom. The molecule has 0 aliphatic heterocycles. The van der Waals surface area contributed by atoms with Gasteiger partial charge in [-0.25, -0.2) is 9.18 Å². The fourth-order valence-electron chi connectivity index (χ4n) is 1.87. The Balaban J connectivity index is 2.20. The zero-order valence-electron chi connectivity index (χ0n) is 11.2. The van der Waals surface area contributed by atoms with E-state index in [1.165, 1.54) is 12.1 Å². The van der Waals surface area contributed by atoms with Gasteiger partial charge in [0.1, 0.15) is 5.82 Å². The van der Waals surface area contributed by atoms with Crippen molar-refractivity contribution < 1.29 is 13.9 Å². The van der Waals surface area contributed by atoms with Crippen LogP contribution in [0.1, 0.15) is 22.8 Å². The van der Waals surface area contributed by atoms with Gasteiger partial charge in [-0.2, -0.15) is 0 Å². The third-order valence-corrected chi connectivity index (χ3v) is 2.82. The minimum absolute atomic E-state index is 0.176. The number of rotatable bonds is 5. The van der Waals surface area contributed by atoms with Crippen LogP contribution in [0.15, 0.2) is 48.5 Å². The van der Waals surface area contributed by atoms with Crippen LogP contribution in [-0.4, -0.2) is 12.6 Å². The molecule has 20 heavy (non-hydrogen) atoms. The molecule has 0 aliphatic carbocycles. The lowest BCUT2D eigenvalue weighted by atomic mass is 10.1. The smallest absolute Gasteiger partial charge is 0.340 e. The minimum Gasteiger partial charge on any atom is -0.462 e. The third-order valence-electron chi connectivity index (χ3n) is 2.82. The molecule has 0 bridgehead atoms. The number of ether oxygens (including phenoxy) is 1. The van der Waals surface area contributed by atoms with Gasteiger partial charge in [0.2, 0.25) is 0 Å². The van der Waals surface area contributed by atoms with E-state index in [-0.39, 0.29) is 17.9 Å². The van der Waals surface area contributed by atoms with Gasteiger partial charge in [0.05, 0.1) is 17.9 Å². The molecule has 2 aromatic rings. The summed E-state index contributed by atoms with van der Waals surface area (Å²) in [5, 5.41) is 2.96. The van der Waals surface area contributed by atoms with Gasteiger partial charge in [-0.05, 0) is 24.6 Å². The number of esters is 1. The molecule has 0 radical (unpaired) electrons. The van der Waals surface area contributed by atoms with E-state index in [2.05, 4.69) is 5.32 Å². The molecule has 0 atom stereocenters. The highest BCUT2D eigenvalue weighted by atomic mass is 19.1. The van der Waals surface area contributed by atoms with Gasteiger partial charge in [-0.1, -0.05) is 36.4 Å². The van der Waals surface area contributed by atoms with Crippen LogP contribution < -0.4 is 5.32 Å². The standard InChI is InChI=1S/C16H16FNO2/c1-2-20-16(19)13-9-6-10-14(17)15(13)18-11-12-7-4-3-5-8-12/h3-10,18H,2,11H2,1H3. The van der Waals surface area contributed by atoms with Crippen molar-refractivity contribution in [2.24, 2.45) is 0 Å². The molecule has 4 heteroatoms. The molecule has 2 rings (SSSR count). The molecule has 2 aromatic carbocycles. The number of hydrogen-bond donors (Lipinski definition) is 1. The predicted octanol–water partition coefficient (Wildman–Crippen LogP) is 3.61. The SMILES string of the molecule is CCOC(=O)c1cccc(F)c1NCc1ccccc1.